The Kier molecular flexibility index (Phi) is 5.61. The molecule has 0 spiro atoms. The fourth-order valence-electron chi connectivity index (χ4n) is 2.18. The number of carbonyl (C=O) groups is 1. The minimum Gasteiger partial charge on any atom is -0.507 e. The second kappa shape index (κ2) is 7.65. The lowest BCUT2D eigenvalue weighted by Crippen LogP contribution is -2.47. The lowest BCUT2D eigenvalue weighted by atomic mass is 10.2. The fourth-order valence-corrected chi connectivity index (χ4v) is 2.18. The van der Waals surface area contributed by atoms with Gasteiger partial charge in [-0.25, -0.2) is 5.43 Å². The molecule has 0 saturated carbocycles. The Morgan fingerprint density at radius 1 is 1.43 bits per heavy atom. The monoisotopic (exact) mass is 321 g/mol. The predicted molar refractivity (Wildman–Crippen MR) is 84.4 cm³/mol. The van der Waals surface area contributed by atoms with Gasteiger partial charge < -0.3 is 10.0 Å². The molecule has 0 aliphatic carbocycles. The fraction of sp³-hybridized carbons (Fsp3) is 0.429. The molecule has 0 bridgehead atoms. The highest BCUT2D eigenvalue weighted by Crippen LogP contribution is 2.21. The second-order valence-corrected chi connectivity index (χ2v) is 5.37. The van der Waals surface area contributed by atoms with E-state index in [1.807, 2.05) is 11.9 Å². The van der Waals surface area contributed by atoms with Gasteiger partial charge in [0.15, 0.2) is 0 Å². The van der Waals surface area contributed by atoms with E-state index in [9.17, 15) is 20.0 Å². The molecule has 1 fully saturated rings. The molecule has 9 heteroatoms. The van der Waals surface area contributed by atoms with Crippen molar-refractivity contribution < 1.29 is 14.8 Å². The number of hydrogen-bond acceptors (Lipinski definition) is 7. The van der Waals surface area contributed by atoms with E-state index in [1.54, 1.807) is 0 Å². The van der Waals surface area contributed by atoms with Crippen LogP contribution in [-0.2, 0) is 4.79 Å². The van der Waals surface area contributed by atoms with Gasteiger partial charge in [-0.3, -0.25) is 19.8 Å². The largest absolute Gasteiger partial charge is 0.507 e. The summed E-state index contributed by atoms with van der Waals surface area (Å²) in [4.78, 5) is 26.1. The molecule has 0 aromatic heterocycles. The predicted octanol–water partition coefficient (Wildman–Crippen LogP) is -0.00210. The van der Waals surface area contributed by atoms with Gasteiger partial charge in [0.25, 0.3) is 11.6 Å². The summed E-state index contributed by atoms with van der Waals surface area (Å²) in [6, 6.07) is 3.59. The number of nitro benzene ring substituents is 1. The van der Waals surface area contributed by atoms with E-state index in [4.69, 9.17) is 0 Å². The van der Waals surface area contributed by atoms with Crippen LogP contribution in [0.4, 0.5) is 5.69 Å². The molecular weight excluding hydrogens is 302 g/mol. The summed E-state index contributed by atoms with van der Waals surface area (Å²) >= 11 is 0. The maximum Gasteiger partial charge on any atom is 0.270 e. The number of hydrazone groups is 1. The molecule has 1 aliphatic heterocycles. The number of amides is 1. The highest BCUT2D eigenvalue weighted by Gasteiger charge is 2.16. The van der Waals surface area contributed by atoms with E-state index in [1.165, 1.54) is 24.4 Å². The van der Waals surface area contributed by atoms with E-state index < -0.39 is 4.92 Å². The van der Waals surface area contributed by atoms with E-state index in [2.05, 4.69) is 15.4 Å². The van der Waals surface area contributed by atoms with E-state index in [0.29, 0.717) is 0 Å². The van der Waals surface area contributed by atoms with Crippen LogP contribution >= 0.6 is 0 Å². The standard InChI is InChI=1S/C14H19N5O4/c1-17-4-6-18(7-5-17)10-14(21)16-15-9-11-8-12(19(22)23)2-3-13(11)20/h2-3,8-9,20H,4-7,10H2,1H3,(H,16,21). The maximum atomic E-state index is 11.8. The number of piperazine rings is 1. The molecule has 2 N–H and O–H groups in total. The molecule has 23 heavy (non-hydrogen) atoms. The van der Waals surface area contributed by atoms with Gasteiger partial charge in [-0.05, 0) is 13.1 Å². The first-order chi connectivity index (χ1) is 11.0. The van der Waals surface area contributed by atoms with E-state index in [0.717, 1.165) is 26.2 Å². The number of carbonyl (C=O) groups excluding carboxylic acids is 1. The molecule has 1 aromatic carbocycles. The molecule has 1 aromatic rings. The third-order valence-electron chi connectivity index (χ3n) is 3.58. The van der Waals surface area contributed by atoms with Gasteiger partial charge in [-0.2, -0.15) is 5.10 Å². The molecule has 0 atom stereocenters. The van der Waals surface area contributed by atoms with Crippen LogP contribution < -0.4 is 5.43 Å². The molecule has 1 amide bonds. The summed E-state index contributed by atoms with van der Waals surface area (Å²) in [7, 11) is 2.03. The van der Waals surface area contributed by atoms with Gasteiger partial charge in [0.05, 0.1) is 17.7 Å². The van der Waals surface area contributed by atoms with Crippen molar-refractivity contribution in [3.8, 4) is 5.75 Å². The summed E-state index contributed by atoms with van der Waals surface area (Å²) in [5.74, 6) is -0.414. The molecule has 2 rings (SSSR count). The van der Waals surface area contributed by atoms with Crippen molar-refractivity contribution in [1.82, 2.24) is 15.2 Å². The highest BCUT2D eigenvalue weighted by atomic mass is 16.6. The number of hydrogen-bond donors (Lipinski definition) is 2. The summed E-state index contributed by atoms with van der Waals surface area (Å²) in [6.45, 7) is 3.71. The van der Waals surface area contributed by atoms with Crippen LogP contribution in [0.2, 0.25) is 0 Å². The second-order valence-electron chi connectivity index (χ2n) is 5.37. The lowest BCUT2D eigenvalue weighted by molar-refractivity contribution is -0.384. The first-order valence-electron chi connectivity index (χ1n) is 7.16. The molecular formula is C14H19N5O4. The summed E-state index contributed by atoms with van der Waals surface area (Å²) in [6.07, 6.45) is 1.18. The van der Waals surface area contributed by atoms with Crippen molar-refractivity contribution in [3.63, 3.8) is 0 Å². The third kappa shape index (κ3) is 5.01. The smallest absolute Gasteiger partial charge is 0.270 e. The first-order valence-corrected chi connectivity index (χ1v) is 7.16. The van der Waals surface area contributed by atoms with Crippen molar-refractivity contribution >= 4 is 17.8 Å². The number of phenols is 1. The Labute approximate surface area is 133 Å². The molecule has 1 heterocycles. The minimum atomic E-state index is -0.567. The lowest BCUT2D eigenvalue weighted by Gasteiger charge is -2.31. The zero-order chi connectivity index (χ0) is 16.8. The molecule has 0 unspecified atom stereocenters. The van der Waals surface area contributed by atoms with Crippen LogP contribution in [0.5, 0.6) is 5.75 Å². The van der Waals surface area contributed by atoms with Crippen molar-refractivity contribution in [2.45, 2.75) is 0 Å². The third-order valence-corrected chi connectivity index (χ3v) is 3.58. The average Bonchev–Trinajstić information content (AvgIpc) is 2.51. The molecule has 1 aliphatic rings. The van der Waals surface area contributed by atoms with Crippen molar-refractivity contribution in [2.75, 3.05) is 39.8 Å². The van der Waals surface area contributed by atoms with Gasteiger partial charge in [-0.1, -0.05) is 0 Å². The van der Waals surface area contributed by atoms with Gasteiger partial charge >= 0.3 is 0 Å². The Morgan fingerprint density at radius 3 is 2.78 bits per heavy atom. The zero-order valence-corrected chi connectivity index (χ0v) is 12.8. The number of aromatic hydroxyl groups is 1. The number of likely N-dealkylation sites (N-methyl/N-ethyl adjacent to an activating group) is 1. The number of phenolic OH excluding ortho intramolecular Hbond substituents is 1. The zero-order valence-electron chi connectivity index (χ0n) is 12.8. The number of nitrogens with one attached hydrogen (secondary N) is 1. The van der Waals surface area contributed by atoms with Gasteiger partial charge in [-0.15, -0.1) is 0 Å². The van der Waals surface area contributed by atoms with Gasteiger partial charge in [0.2, 0.25) is 0 Å². The van der Waals surface area contributed by atoms with Crippen LogP contribution in [0.25, 0.3) is 0 Å². The Balaban J connectivity index is 1.87. The molecule has 0 radical (unpaired) electrons. The van der Waals surface area contributed by atoms with Gasteiger partial charge in [0.1, 0.15) is 5.75 Å². The van der Waals surface area contributed by atoms with Crippen molar-refractivity contribution in [3.05, 3.63) is 33.9 Å². The number of rotatable bonds is 5. The number of non-ortho nitro benzene ring substituents is 1. The first kappa shape index (κ1) is 16.8. The highest BCUT2D eigenvalue weighted by molar-refractivity contribution is 5.86. The molecule has 9 nitrogen and oxygen atoms in total. The normalized spacial score (nSPS) is 16.6. The molecule has 124 valence electrons. The number of nitro groups is 1. The summed E-state index contributed by atoms with van der Waals surface area (Å²) in [5.41, 5.74) is 2.37. The van der Waals surface area contributed by atoms with Gasteiger partial charge in [0, 0.05) is 43.9 Å². The van der Waals surface area contributed by atoms with Crippen LogP contribution in [0.15, 0.2) is 23.3 Å². The Hall–Kier alpha value is -2.52. The summed E-state index contributed by atoms with van der Waals surface area (Å²) < 4.78 is 0. The number of nitrogens with zero attached hydrogens (tertiary/aromatic N) is 4. The Morgan fingerprint density at radius 2 is 2.13 bits per heavy atom. The van der Waals surface area contributed by atoms with E-state index >= 15 is 0 Å². The SMILES string of the molecule is CN1CCN(CC(=O)NN=Cc2cc([N+](=O)[O-])ccc2O)CC1. The summed E-state index contributed by atoms with van der Waals surface area (Å²) in [5, 5.41) is 24.1. The average molecular weight is 321 g/mol. The van der Waals surface area contributed by atoms with E-state index in [-0.39, 0.29) is 29.5 Å². The number of benzene rings is 1. The van der Waals surface area contributed by atoms with Crippen molar-refractivity contribution in [1.29, 1.82) is 0 Å². The van der Waals surface area contributed by atoms with Crippen LogP contribution in [-0.4, -0.2) is 71.7 Å². The van der Waals surface area contributed by atoms with Crippen LogP contribution in [0.1, 0.15) is 5.56 Å². The maximum absolute atomic E-state index is 11.8. The quantitative estimate of drug-likeness (QED) is 0.448. The Bertz CT molecular complexity index is 611. The van der Waals surface area contributed by atoms with Crippen LogP contribution in [0.3, 0.4) is 0 Å². The minimum absolute atomic E-state index is 0.146. The molecule has 1 saturated heterocycles. The van der Waals surface area contributed by atoms with Crippen molar-refractivity contribution in [2.24, 2.45) is 5.10 Å². The topological polar surface area (TPSA) is 111 Å². The van der Waals surface area contributed by atoms with Crippen LogP contribution in [0, 0.1) is 10.1 Å².